The Hall–Kier alpha value is -2.60. The predicted molar refractivity (Wildman–Crippen MR) is 87.3 cm³/mol. The third-order valence-corrected chi connectivity index (χ3v) is 4.06. The van der Waals surface area contributed by atoms with Crippen LogP contribution in [0.2, 0.25) is 0 Å². The molecule has 0 saturated heterocycles. The van der Waals surface area contributed by atoms with E-state index in [2.05, 4.69) is 10.1 Å². The molecule has 0 aliphatic carbocycles. The maximum Gasteiger partial charge on any atom is 0.337 e. The molecule has 7 heteroatoms. The van der Waals surface area contributed by atoms with E-state index in [0.717, 1.165) is 0 Å². The molecule has 0 spiro atoms. The molecule has 1 atom stereocenters. The van der Waals surface area contributed by atoms with E-state index in [-0.39, 0.29) is 16.3 Å². The van der Waals surface area contributed by atoms with Crippen molar-refractivity contribution in [2.75, 3.05) is 14.2 Å². The van der Waals surface area contributed by atoms with Gasteiger partial charge >= 0.3 is 11.9 Å². The van der Waals surface area contributed by atoms with Crippen LogP contribution in [0.4, 0.5) is 0 Å². The molecule has 6 nitrogen and oxygen atoms in total. The number of benzene rings is 1. The van der Waals surface area contributed by atoms with E-state index < -0.39 is 17.9 Å². The number of dihydropyridines is 1. The van der Waals surface area contributed by atoms with E-state index in [4.69, 9.17) is 16.3 Å². The van der Waals surface area contributed by atoms with Crippen LogP contribution in [0.25, 0.3) is 0 Å². The number of methoxy groups -OCH3 is 2. The third kappa shape index (κ3) is 3.19. The Morgan fingerprint density at radius 3 is 2.21 bits per heavy atom. The molecule has 1 heterocycles. The molecule has 0 aromatic heterocycles. The highest BCUT2D eigenvalue weighted by atomic mass is 35.5. The monoisotopic (exact) mass is 349 g/mol. The topological polar surface area (TPSA) is 81.7 Å². The average Bonchev–Trinajstić information content (AvgIpc) is 2.60. The van der Waals surface area contributed by atoms with Crippen molar-refractivity contribution in [2.24, 2.45) is 0 Å². The van der Waals surface area contributed by atoms with Crippen LogP contribution in [0.1, 0.15) is 28.8 Å². The van der Waals surface area contributed by atoms with Gasteiger partial charge in [-0.3, -0.25) is 4.79 Å². The van der Waals surface area contributed by atoms with Gasteiger partial charge in [-0.25, -0.2) is 9.59 Å². The number of allylic oxidation sites excluding steroid dienone is 2. The summed E-state index contributed by atoms with van der Waals surface area (Å²) in [6.45, 7) is 1.67. The molecule has 2 rings (SSSR count). The fraction of sp³-hybridized carbons (Fsp3) is 0.235. The maximum atomic E-state index is 12.2. The van der Waals surface area contributed by atoms with Crippen molar-refractivity contribution >= 4 is 29.8 Å². The molecule has 126 valence electrons. The second kappa shape index (κ2) is 7.31. The van der Waals surface area contributed by atoms with Gasteiger partial charge in [0.25, 0.3) is 0 Å². The quantitative estimate of drug-likeness (QED) is 0.510. The summed E-state index contributed by atoms with van der Waals surface area (Å²) in [6, 6.07) is 6.41. The number of nitrogens with one attached hydrogen (secondary N) is 1. The summed E-state index contributed by atoms with van der Waals surface area (Å²) in [5.41, 5.74) is 1.99. The summed E-state index contributed by atoms with van der Waals surface area (Å²) >= 11 is 6.12. The zero-order valence-electron chi connectivity index (χ0n) is 13.4. The molecule has 0 fully saturated rings. The lowest BCUT2D eigenvalue weighted by molar-refractivity contribution is -0.136. The summed E-state index contributed by atoms with van der Waals surface area (Å²) in [6.07, 6.45) is 0.601. The largest absolute Gasteiger partial charge is 0.466 e. The van der Waals surface area contributed by atoms with Crippen LogP contribution in [0.5, 0.6) is 0 Å². The number of carbonyl (C=O) groups is 3. The van der Waals surface area contributed by atoms with Gasteiger partial charge in [0.2, 0.25) is 0 Å². The van der Waals surface area contributed by atoms with Gasteiger partial charge in [-0.1, -0.05) is 23.7 Å². The minimum absolute atomic E-state index is 0.150. The fourth-order valence-corrected chi connectivity index (χ4v) is 2.87. The molecule has 1 aromatic carbocycles. The first-order valence-electron chi connectivity index (χ1n) is 7.03. The average molecular weight is 350 g/mol. The van der Waals surface area contributed by atoms with Gasteiger partial charge in [-0.15, -0.1) is 0 Å². The summed E-state index contributed by atoms with van der Waals surface area (Å²) in [4.78, 5) is 35.2. The molecule has 0 bridgehead atoms. The lowest BCUT2D eigenvalue weighted by Crippen LogP contribution is -2.28. The maximum absolute atomic E-state index is 12.2. The van der Waals surface area contributed by atoms with Crippen molar-refractivity contribution in [1.82, 2.24) is 5.32 Å². The minimum Gasteiger partial charge on any atom is -0.466 e. The smallest absolute Gasteiger partial charge is 0.337 e. The van der Waals surface area contributed by atoms with Crippen LogP contribution in [0.15, 0.2) is 46.3 Å². The third-order valence-electron chi connectivity index (χ3n) is 3.75. The van der Waals surface area contributed by atoms with Gasteiger partial charge in [0.1, 0.15) is 11.4 Å². The van der Waals surface area contributed by atoms with Gasteiger partial charge < -0.3 is 14.8 Å². The van der Waals surface area contributed by atoms with Crippen LogP contribution in [-0.4, -0.2) is 32.4 Å². The molecule has 0 amide bonds. The molecule has 24 heavy (non-hydrogen) atoms. The molecule has 1 N–H and O–H groups in total. The summed E-state index contributed by atoms with van der Waals surface area (Å²) in [7, 11) is 2.55. The van der Waals surface area contributed by atoms with Crippen molar-refractivity contribution in [3.8, 4) is 0 Å². The number of rotatable bonds is 4. The second-order valence-corrected chi connectivity index (χ2v) is 5.47. The van der Waals surface area contributed by atoms with E-state index in [1.54, 1.807) is 31.2 Å². The van der Waals surface area contributed by atoms with Crippen LogP contribution in [-0.2, 0) is 19.1 Å². The van der Waals surface area contributed by atoms with E-state index >= 15 is 0 Å². The van der Waals surface area contributed by atoms with Crippen molar-refractivity contribution in [2.45, 2.75) is 12.8 Å². The second-order valence-electron chi connectivity index (χ2n) is 5.09. The zero-order chi connectivity index (χ0) is 17.9. The number of halogens is 1. The Morgan fingerprint density at radius 1 is 1.12 bits per heavy atom. The first-order valence-corrected chi connectivity index (χ1v) is 7.41. The van der Waals surface area contributed by atoms with Crippen LogP contribution < -0.4 is 5.32 Å². The lowest BCUT2D eigenvalue weighted by Gasteiger charge is -2.27. The molecule has 1 unspecified atom stereocenters. The van der Waals surface area contributed by atoms with Crippen molar-refractivity contribution in [3.63, 3.8) is 0 Å². The van der Waals surface area contributed by atoms with E-state index in [0.29, 0.717) is 23.1 Å². The SMILES string of the molecule is COC(=O)C1=C(C)NC(Cl)=C(C=O)C1c1ccc(C(=O)OC)cc1. The number of aldehydes is 1. The van der Waals surface area contributed by atoms with Gasteiger partial charge in [0, 0.05) is 17.2 Å². The van der Waals surface area contributed by atoms with Crippen LogP contribution in [0.3, 0.4) is 0 Å². The van der Waals surface area contributed by atoms with E-state index in [1.165, 1.54) is 14.2 Å². The van der Waals surface area contributed by atoms with E-state index in [9.17, 15) is 14.4 Å². The molecule has 0 saturated carbocycles. The van der Waals surface area contributed by atoms with Gasteiger partial charge in [0.15, 0.2) is 0 Å². The minimum atomic E-state index is -0.685. The standard InChI is InChI=1S/C17H16ClNO5/c1-9-13(17(22)24-3)14(12(8-20)15(18)19-9)10-4-6-11(7-5-10)16(21)23-2/h4-8,14,19H,1-3H3. The highest BCUT2D eigenvalue weighted by molar-refractivity contribution is 6.31. The highest BCUT2D eigenvalue weighted by Gasteiger charge is 2.34. The molecular weight excluding hydrogens is 334 g/mol. The Bertz CT molecular complexity index is 749. The molecule has 1 aliphatic rings. The summed E-state index contributed by atoms with van der Waals surface area (Å²) < 4.78 is 9.48. The molecular formula is C17H16ClNO5. The first kappa shape index (κ1) is 17.7. The normalized spacial score (nSPS) is 17.2. The highest BCUT2D eigenvalue weighted by Crippen LogP contribution is 2.38. The fourth-order valence-electron chi connectivity index (χ4n) is 2.58. The van der Waals surface area contributed by atoms with Gasteiger partial charge in [0.05, 0.1) is 25.4 Å². The Balaban J connectivity index is 2.56. The Kier molecular flexibility index (Phi) is 5.41. The number of hydrogen-bond acceptors (Lipinski definition) is 6. The summed E-state index contributed by atoms with van der Waals surface area (Å²) in [5, 5.41) is 2.95. The first-order chi connectivity index (χ1) is 11.4. The van der Waals surface area contributed by atoms with Crippen LogP contribution in [0, 0.1) is 0 Å². The lowest BCUT2D eigenvalue weighted by atomic mass is 9.82. The van der Waals surface area contributed by atoms with E-state index in [1.807, 2.05) is 0 Å². The zero-order valence-corrected chi connectivity index (χ0v) is 14.1. The molecule has 1 aromatic rings. The van der Waals surface area contributed by atoms with Crippen molar-refractivity contribution < 1.29 is 23.9 Å². The molecule has 0 radical (unpaired) electrons. The summed E-state index contributed by atoms with van der Waals surface area (Å²) in [5.74, 6) is -1.73. The number of carbonyl (C=O) groups excluding carboxylic acids is 3. The Labute approximate surface area is 144 Å². The van der Waals surface area contributed by atoms with Crippen molar-refractivity contribution in [1.29, 1.82) is 0 Å². The number of hydrogen-bond donors (Lipinski definition) is 1. The number of esters is 2. The molecule has 1 aliphatic heterocycles. The van der Waals surface area contributed by atoms with Gasteiger partial charge in [-0.05, 0) is 24.6 Å². The van der Waals surface area contributed by atoms with Gasteiger partial charge in [-0.2, -0.15) is 0 Å². The predicted octanol–water partition coefficient (Wildman–Crippen LogP) is 2.26. The Morgan fingerprint density at radius 2 is 1.71 bits per heavy atom. The van der Waals surface area contributed by atoms with Crippen molar-refractivity contribution in [3.05, 3.63) is 57.4 Å². The number of ether oxygens (including phenoxy) is 2. The van der Waals surface area contributed by atoms with Crippen LogP contribution >= 0.6 is 11.6 Å².